The van der Waals surface area contributed by atoms with Gasteiger partial charge in [0.1, 0.15) is 11.4 Å². The highest BCUT2D eigenvalue weighted by Gasteiger charge is 2.32. The van der Waals surface area contributed by atoms with Crippen LogP contribution < -0.4 is 5.32 Å². The molecule has 0 aromatic heterocycles. The third kappa shape index (κ3) is 7.65. The molecule has 25 heavy (non-hydrogen) atoms. The number of carbonyl (C=O) groups excluding carboxylic acids is 1. The molecule has 0 spiro atoms. The van der Waals surface area contributed by atoms with E-state index in [1.165, 1.54) is 12.1 Å². The van der Waals surface area contributed by atoms with Crippen molar-refractivity contribution >= 4 is 17.9 Å². The summed E-state index contributed by atoms with van der Waals surface area (Å²) in [6, 6.07) is 6.12. The van der Waals surface area contributed by atoms with Gasteiger partial charge in [0.2, 0.25) is 0 Å². The molecule has 1 aromatic carbocycles. The minimum Gasteiger partial charge on any atom is -0.444 e. The standard InChI is InChI=1S/C19H30FNO3S/c1-5-25-12-6-11-19(14-22,15-7-9-16(20)10-8-15)13-21-17(23)24-18(2,3)4/h7-10,22H,5-6,11-14H2,1-4H3,(H,21,23). The molecule has 0 fully saturated rings. The number of benzene rings is 1. The molecule has 2 N–H and O–H groups in total. The van der Waals surface area contributed by atoms with Crippen LogP contribution in [0.5, 0.6) is 0 Å². The van der Waals surface area contributed by atoms with Gasteiger partial charge in [-0.1, -0.05) is 19.1 Å². The van der Waals surface area contributed by atoms with Crippen molar-refractivity contribution in [2.75, 3.05) is 24.7 Å². The van der Waals surface area contributed by atoms with Crippen LogP contribution >= 0.6 is 11.8 Å². The first-order valence-electron chi connectivity index (χ1n) is 8.64. The number of hydrogen-bond donors (Lipinski definition) is 2. The minimum atomic E-state index is -0.654. The Bertz CT molecular complexity index is 530. The molecule has 1 unspecified atom stereocenters. The molecule has 4 nitrogen and oxygen atoms in total. The molecule has 6 heteroatoms. The van der Waals surface area contributed by atoms with E-state index in [-0.39, 0.29) is 19.0 Å². The maximum Gasteiger partial charge on any atom is 0.407 e. The van der Waals surface area contributed by atoms with Crippen LogP contribution in [-0.2, 0) is 10.2 Å². The highest BCUT2D eigenvalue weighted by molar-refractivity contribution is 7.99. The lowest BCUT2D eigenvalue weighted by molar-refractivity contribution is 0.0500. The molecule has 142 valence electrons. The summed E-state index contributed by atoms with van der Waals surface area (Å²) < 4.78 is 18.6. The first kappa shape index (κ1) is 21.8. The summed E-state index contributed by atoms with van der Waals surface area (Å²) in [4.78, 5) is 12.0. The quantitative estimate of drug-likeness (QED) is 0.641. The van der Waals surface area contributed by atoms with E-state index in [0.29, 0.717) is 6.42 Å². The molecular weight excluding hydrogens is 341 g/mol. The number of amides is 1. The predicted molar refractivity (Wildman–Crippen MR) is 102 cm³/mol. The van der Waals surface area contributed by atoms with E-state index in [2.05, 4.69) is 12.2 Å². The van der Waals surface area contributed by atoms with Crippen molar-refractivity contribution in [2.45, 2.75) is 51.6 Å². The lowest BCUT2D eigenvalue weighted by atomic mass is 9.77. The normalized spacial score (nSPS) is 14.0. The molecule has 0 saturated heterocycles. The van der Waals surface area contributed by atoms with Crippen LogP contribution in [0.15, 0.2) is 24.3 Å². The van der Waals surface area contributed by atoms with Crippen LogP contribution in [0.4, 0.5) is 9.18 Å². The monoisotopic (exact) mass is 371 g/mol. The van der Waals surface area contributed by atoms with Crippen molar-refractivity contribution in [3.05, 3.63) is 35.6 Å². The number of aliphatic hydroxyl groups is 1. The Morgan fingerprint density at radius 3 is 2.44 bits per heavy atom. The van der Waals surface area contributed by atoms with E-state index in [1.807, 2.05) is 11.8 Å². The predicted octanol–water partition coefficient (Wildman–Crippen LogP) is 4.11. The summed E-state index contributed by atoms with van der Waals surface area (Å²) in [5.74, 6) is 1.70. The van der Waals surface area contributed by atoms with Gasteiger partial charge in [-0.3, -0.25) is 0 Å². The number of aliphatic hydroxyl groups excluding tert-OH is 1. The van der Waals surface area contributed by atoms with Crippen molar-refractivity contribution in [1.82, 2.24) is 5.32 Å². The van der Waals surface area contributed by atoms with E-state index in [1.54, 1.807) is 32.9 Å². The third-order valence-electron chi connectivity index (χ3n) is 3.88. The Balaban J connectivity index is 2.88. The summed E-state index contributed by atoms with van der Waals surface area (Å²) in [6.07, 6.45) is 1.07. The Hall–Kier alpha value is -1.27. The number of hydrogen-bond acceptors (Lipinski definition) is 4. The van der Waals surface area contributed by atoms with Gasteiger partial charge in [0, 0.05) is 12.0 Å². The zero-order valence-electron chi connectivity index (χ0n) is 15.6. The second-order valence-electron chi connectivity index (χ2n) is 7.10. The Morgan fingerprint density at radius 2 is 1.92 bits per heavy atom. The average molecular weight is 372 g/mol. The smallest absolute Gasteiger partial charge is 0.407 e. The summed E-state index contributed by atoms with van der Waals surface area (Å²) in [5, 5.41) is 12.9. The average Bonchev–Trinajstić information content (AvgIpc) is 2.54. The Kier molecular flexibility index (Phi) is 8.73. The third-order valence-corrected chi connectivity index (χ3v) is 4.86. The first-order valence-corrected chi connectivity index (χ1v) is 9.79. The molecule has 1 atom stereocenters. The number of alkyl carbamates (subject to hydrolysis) is 1. The first-order chi connectivity index (χ1) is 11.7. The molecule has 0 saturated carbocycles. The van der Waals surface area contributed by atoms with Gasteiger partial charge in [0.05, 0.1) is 6.61 Å². The van der Waals surface area contributed by atoms with Gasteiger partial charge >= 0.3 is 6.09 Å². The van der Waals surface area contributed by atoms with Crippen LogP contribution in [0.2, 0.25) is 0 Å². The second kappa shape index (κ2) is 10.0. The number of carbonyl (C=O) groups is 1. The zero-order valence-corrected chi connectivity index (χ0v) is 16.4. The lowest BCUT2D eigenvalue weighted by Gasteiger charge is -2.33. The van der Waals surface area contributed by atoms with Crippen molar-refractivity contribution in [3.63, 3.8) is 0 Å². The fraction of sp³-hybridized carbons (Fsp3) is 0.632. The number of nitrogens with one attached hydrogen (secondary N) is 1. The number of rotatable bonds is 9. The molecular formula is C19H30FNO3S. The van der Waals surface area contributed by atoms with Gasteiger partial charge in [-0.05, 0) is 62.8 Å². The molecule has 1 amide bonds. The molecule has 0 bridgehead atoms. The highest BCUT2D eigenvalue weighted by atomic mass is 32.2. The van der Waals surface area contributed by atoms with Gasteiger partial charge in [0.25, 0.3) is 0 Å². The van der Waals surface area contributed by atoms with Gasteiger partial charge in [-0.2, -0.15) is 11.8 Å². The van der Waals surface area contributed by atoms with Gasteiger partial charge in [-0.25, -0.2) is 9.18 Å². The van der Waals surface area contributed by atoms with Crippen molar-refractivity contribution in [1.29, 1.82) is 0 Å². The molecule has 0 aliphatic carbocycles. The number of thioether (sulfide) groups is 1. The zero-order chi connectivity index (χ0) is 18.9. The van der Waals surface area contributed by atoms with Crippen LogP contribution in [0, 0.1) is 5.82 Å². The van der Waals surface area contributed by atoms with Crippen LogP contribution in [0.25, 0.3) is 0 Å². The Labute approximate surface area is 154 Å². The van der Waals surface area contributed by atoms with Crippen LogP contribution in [-0.4, -0.2) is 41.5 Å². The van der Waals surface area contributed by atoms with Gasteiger partial charge in [-0.15, -0.1) is 0 Å². The van der Waals surface area contributed by atoms with E-state index in [9.17, 15) is 14.3 Å². The second-order valence-corrected chi connectivity index (χ2v) is 8.50. The molecule has 0 aliphatic heterocycles. The molecule has 0 heterocycles. The van der Waals surface area contributed by atoms with E-state index in [0.717, 1.165) is 23.5 Å². The topological polar surface area (TPSA) is 58.6 Å². The molecule has 1 rings (SSSR count). The lowest BCUT2D eigenvalue weighted by Crippen LogP contribution is -2.45. The maximum absolute atomic E-state index is 13.3. The van der Waals surface area contributed by atoms with Gasteiger partial charge in [0.15, 0.2) is 0 Å². The summed E-state index contributed by atoms with van der Waals surface area (Å²) in [7, 11) is 0. The van der Waals surface area contributed by atoms with E-state index in [4.69, 9.17) is 4.74 Å². The molecule has 0 radical (unpaired) electrons. The number of halogens is 1. The van der Waals surface area contributed by atoms with Crippen molar-refractivity contribution in [3.8, 4) is 0 Å². The SMILES string of the molecule is CCSCCCC(CO)(CNC(=O)OC(C)(C)C)c1ccc(F)cc1. The maximum atomic E-state index is 13.3. The summed E-state index contributed by atoms with van der Waals surface area (Å²) in [5.41, 5.74) is -0.424. The van der Waals surface area contributed by atoms with E-state index < -0.39 is 17.1 Å². The van der Waals surface area contributed by atoms with E-state index >= 15 is 0 Å². The Morgan fingerprint density at radius 1 is 1.28 bits per heavy atom. The van der Waals surface area contributed by atoms with Gasteiger partial charge < -0.3 is 15.2 Å². The molecule has 1 aromatic rings. The van der Waals surface area contributed by atoms with Crippen LogP contribution in [0.3, 0.4) is 0 Å². The summed E-state index contributed by atoms with van der Waals surface area (Å²) in [6.45, 7) is 7.61. The fourth-order valence-corrected chi connectivity index (χ4v) is 3.21. The minimum absolute atomic E-state index is 0.134. The summed E-state index contributed by atoms with van der Waals surface area (Å²) >= 11 is 1.84. The highest BCUT2D eigenvalue weighted by Crippen LogP contribution is 2.30. The van der Waals surface area contributed by atoms with Crippen molar-refractivity contribution in [2.24, 2.45) is 0 Å². The number of ether oxygens (including phenoxy) is 1. The van der Waals surface area contributed by atoms with Crippen LogP contribution in [0.1, 0.15) is 46.1 Å². The largest absolute Gasteiger partial charge is 0.444 e. The molecule has 0 aliphatic rings. The fourth-order valence-electron chi connectivity index (χ4n) is 2.58. The van der Waals surface area contributed by atoms with Crippen molar-refractivity contribution < 1.29 is 19.0 Å².